The predicted molar refractivity (Wildman–Crippen MR) is 77.0 cm³/mol. The average molecular weight is 298 g/mol. The van der Waals surface area contributed by atoms with Gasteiger partial charge in [-0.05, 0) is 31.5 Å². The third-order valence-corrected chi connectivity index (χ3v) is 4.16. The van der Waals surface area contributed by atoms with Crippen molar-refractivity contribution in [3.8, 4) is 5.75 Å². The lowest BCUT2D eigenvalue weighted by molar-refractivity contribution is -0.154. The molecular weight excluding hydrogens is 280 g/mol. The zero-order valence-electron chi connectivity index (χ0n) is 11.7. The van der Waals surface area contributed by atoms with Crippen LogP contribution in [0.5, 0.6) is 5.75 Å². The molecule has 0 spiro atoms. The molecule has 1 aromatic rings. The van der Waals surface area contributed by atoms with Crippen LogP contribution in [0.3, 0.4) is 0 Å². The highest BCUT2D eigenvalue weighted by Crippen LogP contribution is 2.30. The summed E-state index contributed by atoms with van der Waals surface area (Å²) in [4.78, 5) is 23.1. The van der Waals surface area contributed by atoms with E-state index in [-0.39, 0.29) is 6.61 Å². The van der Waals surface area contributed by atoms with E-state index in [1.807, 2.05) is 12.1 Å². The van der Waals surface area contributed by atoms with Gasteiger partial charge >= 0.3 is 11.9 Å². The van der Waals surface area contributed by atoms with E-state index in [4.69, 9.17) is 9.47 Å². The molecule has 1 unspecified atom stereocenters. The molecule has 110 valence electrons. The van der Waals surface area contributed by atoms with Crippen LogP contribution in [0.2, 0.25) is 0 Å². The molecule has 6 heteroatoms. The van der Waals surface area contributed by atoms with Gasteiger partial charge in [0.2, 0.25) is 4.75 Å². The van der Waals surface area contributed by atoms with E-state index in [1.54, 1.807) is 26.2 Å². The van der Waals surface area contributed by atoms with Gasteiger partial charge in [0.25, 0.3) is 0 Å². The largest absolute Gasteiger partial charge is 0.497 e. The third-order valence-electron chi connectivity index (χ3n) is 2.76. The van der Waals surface area contributed by atoms with Crippen LogP contribution in [-0.2, 0) is 20.1 Å². The molecule has 20 heavy (non-hydrogen) atoms. The highest BCUT2D eigenvalue weighted by Gasteiger charge is 2.43. The Labute approximate surface area is 122 Å². The fourth-order valence-electron chi connectivity index (χ4n) is 1.43. The van der Waals surface area contributed by atoms with Gasteiger partial charge in [0.15, 0.2) is 0 Å². The van der Waals surface area contributed by atoms with Crippen molar-refractivity contribution in [3.63, 3.8) is 0 Å². The maximum absolute atomic E-state index is 11.8. The summed E-state index contributed by atoms with van der Waals surface area (Å²) < 4.78 is 8.28. The van der Waals surface area contributed by atoms with E-state index in [0.29, 0.717) is 5.75 Å². The molecule has 0 aromatic heterocycles. The van der Waals surface area contributed by atoms with E-state index in [0.717, 1.165) is 23.1 Å². The van der Waals surface area contributed by atoms with E-state index >= 15 is 0 Å². The first-order valence-electron chi connectivity index (χ1n) is 6.11. The summed E-state index contributed by atoms with van der Waals surface area (Å²) in [5, 5.41) is 9.25. The number of thioether (sulfide) groups is 1. The standard InChI is InChI=1S/C14H18O5S/c1-4-19-13(17)14(2,12(15)16)20-9-10-5-7-11(18-3)8-6-10/h5-8H,4,9H2,1-3H3,(H,15,16). The fourth-order valence-corrected chi connectivity index (χ4v) is 2.37. The van der Waals surface area contributed by atoms with Gasteiger partial charge in [-0.1, -0.05) is 12.1 Å². The van der Waals surface area contributed by atoms with Gasteiger partial charge in [-0.3, -0.25) is 4.79 Å². The van der Waals surface area contributed by atoms with Crippen LogP contribution in [0, 0.1) is 0 Å². The number of methoxy groups -OCH3 is 1. The molecule has 1 N–H and O–H groups in total. The molecule has 0 aliphatic carbocycles. The summed E-state index contributed by atoms with van der Waals surface area (Å²) >= 11 is 1.03. The summed E-state index contributed by atoms with van der Waals surface area (Å²) in [7, 11) is 1.58. The number of benzene rings is 1. The number of hydrogen-bond acceptors (Lipinski definition) is 5. The van der Waals surface area contributed by atoms with Crippen molar-refractivity contribution < 1.29 is 24.2 Å². The van der Waals surface area contributed by atoms with Gasteiger partial charge in [-0.25, -0.2) is 4.79 Å². The zero-order valence-corrected chi connectivity index (χ0v) is 12.5. The van der Waals surface area contributed by atoms with Crippen molar-refractivity contribution in [3.05, 3.63) is 29.8 Å². The summed E-state index contributed by atoms with van der Waals surface area (Å²) in [6.07, 6.45) is 0. The summed E-state index contributed by atoms with van der Waals surface area (Å²) in [5.41, 5.74) is 0.910. The number of ether oxygens (including phenoxy) is 2. The maximum atomic E-state index is 11.8. The van der Waals surface area contributed by atoms with E-state index in [9.17, 15) is 14.7 Å². The molecule has 0 heterocycles. The molecule has 0 aliphatic heterocycles. The first-order valence-corrected chi connectivity index (χ1v) is 7.10. The Morgan fingerprint density at radius 1 is 1.30 bits per heavy atom. The SMILES string of the molecule is CCOC(=O)C(C)(SCc1ccc(OC)cc1)C(=O)O. The minimum absolute atomic E-state index is 0.158. The van der Waals surface area contributed by atoms with Crippen LogP contribution >= 0.6 is 11.8 Å². The second-order valence-corrected chi connectivity index (χ2v) is 5.59. The highest BCUT2D eigenvalue weighted by molar-refractivity contribution is 8.01. The molecule has 1 aromatic carbocycles. The molecule has 0 saturated carbocycles. The summed E-state index contributed by atoms with van der Waals surface area (Å²) in [5.74, 6) is -0.809. The number of carbonyl (C=O) groups is 2. The number of aliphatic carboxylic acids is 1. The van der Waals surface area contributed by atoms with E-state index in [1.165, 1.54) is 6.92 Å². The number of hydrogen-bond donors (Lipinski definition) is 1. The topological polar surface area (TPSA) is 72.8 Å². The smallest absolute Gasteiger partial charge is 0.333 e. The van der Waals surface area contributed by atoms with Crippen molar-refractivity contribution in [2.45, 2.75) is 24.3 Å². The Kier molecular flexibility index (Phi) is 5.88. The monoisotopic (exact) mass is 298 g/mol. The van der Waals surface area contributed by atoms with Crippen molar-refractivity contribution in [1.82, 2.24) is 0 Å². The van der Waals surface area contributed by atoms with Gasteiger partial charge in [-0.15, -0.1) is 11.8 Å². The molecule has 0 radical (unpaired) electrons. The van der Waals surface area contributed by atoms with E-state index in [2.05, 4.69) is 0 Å². The molecule has 5 nitrogen and oxygen atoms in total. The molecule has 0 aliphatic rings. The summed E-state index contributed by atoms with van der Waals surface area (Å²) in [6.45, 7) is 3.17. The van der Waals surface area contributed by atoms with Crippen LogP contribution in [0.25, 0.3) is 0 Å². The second kappa shape index (κ2) is 7.19. The number of carboxylic acids is 1. The van der Waals surface area contributed by atoms with Crippen LogP contribution in [0.15, 0.2) is 24.3 Å². The molecule has 1 atom stereocenters. The Morgan fingerprint density at radius 2 is 1.90 bits per heavy atom. The first kappa shape index (κ1) is 16.4. The number of rotatable bonds is 7. The maximum Gasteiger partial charge on any atom is 0.333 e. The van der Waals surface area contributed by atoms with Gasteiger partial charge < -0.3 is 14.6 Å². The number of esters is 1. The number of carboxylic acid groups (broad SMARTS) is 1. The molecule has 0 bridgehead atoms. The van der Waals surface area contributed by atoms with Crippen LogP contribution in [0.4, 0.5) is 0 Å². The van der Waals surface area contributed by atoms with Gasteiger partial charge in [0.1, 0.15) is 5.75 Å². The highest BCUT2D eigenvalue weighted by atomic mass is 32.2. The number of carbonyl (C=O) groups excluding carboxylic acids is 1. The Morgan fingerprint density at radius 3 is 2.35 bits per heavy atom. The average Bonchev–Trinajstić information content (AvgIpc) is 2.45. The lowest BCUT2D eigenvalue weighted by atomic mass is 10.2. The Bertz CT molecular complexity index is 471. The van der Waals surface area contributed by atoms with Gasteiger partial charge in [0, 0.05) is 5.75 Å². The van der Waals surface area contributed by atoms with Crippen LogP contribution < -0.4 is 4.74 Å². The molecule has 0 saturated heterocycles. The minimum Gasteiger partial charge on any atom is -0.497 e. The lowest BCUT2D eigenvalue weighted by Crippen LogP contribution is -2.42. The predicted octanol–water partition coefficient (Wildman–Crippen LogP) is 2.33. The quantitative estimate of drug-likeness (QED) is 0.615. The summed E-state index contributed by atoms with van der Waals surface area (Å²) in [6, 6.07) is 7.25. The van der Waals surface area contributed by atoms with Gasteiger partial charge in [-0.2, -0.15) is 0 Å². The molecule has 1 rings (SSSR count). The fraction of sp³-hybridized carbons (Fsp3) is 0.429. The first-order chi connectivity index (χ1) is 9.43. The van der Waals surface area contributed by atoms with Crippen molar-refractivity contribution in [2.75, 3.05) is 13.7 Å². The molecule has 0 amide bonds. The van der Waals surface area contributed by atoms with Crippen LogP contribution in [-0.4, -0.2) is 35.5 Å². The lowest BCUT2D eigenvalue weighted by Gasteiger charge is -2.21. The van der Waals surface area contributed by atoms with Crippen molar-refractivity contribution >= 4 is 23.7 Å². The van der Waals surface area contributed by atoms with Crippen LogP contribution in [0.1, 0.15) is 19.4 Å². The van der Waals surface area contributed by atoms with Crippen molar-refractivity contribution in [2.24, 2.45) is 0 Å². The minimum atomic E-state index is -1.60. The molecule has 0 fully saturated rings. The Balaban J connectivity index is 2.76. The van der Waals surface area contributed by atoms with Gasteiger partial charge in [0.05, 0.1) is 13.7 Å². The zero-order chi connectivity index (χ0) is 15.2. The molecular formula is C14H18O5S. The van der Waals surface area contributed by atoms with E-state index < -0.39 is 16.7 Å². The second-order valence-electron chi connectivity index (χ2n) is 4.20. The normalized spacial score (nSPS) is 13.3. The van der Waals surface area contributed by atoms with Crippen molar-refractivity contribution in [1.29, 1.82) is 0 Å². The Hall–Kier alpha value is -1.69. The third kappa shape index (κ3) is 3.90.